The molecule has 120 valence electrons. The molecule has 0 N–H and O–H groups in total. The first-order valence-corrected chi connectivity index (χ1v) is 13.4. The number of rotatable bonds is 4. The van der Waals surface area contributed by atoms with E-state index in [-0.39, 0.29) is 0 Å². The van der Waals surface area contributed by atoms with E-state index in [2.05, 4.69) is 24.6 Å². The average molecular weight is 355 g/mol. The minimum absolute atomic E-state index is 0.305. The molecule has 2 aromatic rings. The van der Waals surface area contributed by atoms with E-state index in [1.165, 1.54) is 17.9 Å². The second kappa shape index (κ2) is 6.45. The Bertz CT molecular complexity index is 642. The highest BCUT2D eigenvalue weighted by Gasteiger charge is 2.29. The van der Waals surface area contributed by atoms with Crippen LogP contribution < -0.4 is 0 Å². The first kappa shape index (κ1) is 16.2. The molecule has 0 saturated carbocycles. The quantitative estimate of drug-likeness (QED) is 0.726. The number of hydrogen-bond acceptors (Lipinski definition) is 6. The lowest BCUT2D eigenvalue weighted by Gasteiger charge is -2.17. The summed E-state index contributed by atoms with van der Waals surface area (Å²) in [5.41, 5.74) is 1.68. The van der Waals surface area contributed by atoms with E-state index >= 15 is 0 Å². The summed E-state index contributed by atoms with van der Waals surface area (Å²) in [6.45, 7) is 8.94. The van der Waals surface area contributed by atoms with E-state index in [1.807, 2.05) is 30.4 Å². The number of thioether (sulfide) groups is 2. The SMILES string of the molecule is Cc1coc(-c2nc(C3SCCCS3)oc2C[Si](C)(C)C)n1. The highest BCUT2D eigenvalue weighted by Crippen LogP contribution is 2.44. The van der Waals surface area contributed by atoms with Crippen LogP contribution in [0, 0.1) is 6.92 Å². The van der Waals surface area contributed by atoms with Crippen molar-refractivity contribution in [1.82, 2.24) is 9.97 Å². The Morgan fingerprint density at radius 3 is 2.55 bits per heavy atom. The summed E-state index contributed by atoms with van der Waals surface area (Å²) in [5.74, 6) is 4.72. The Balaban J connectivity index is 1.96. The van der Waals surface area contributed by atoms with Gasteiger partial charge in [0.2, 0.25) is 11.8 Å². The van der Waals surface area contributed by atoms with Gasteiger partial charge in [-0.2, -0.15) is 0 Å². The summed E-state index contributed by atoms with van der Waals surface area (Å²) in [4.78, 5) is 9.20. The number of hydrogen-bond donors (Lipinski definition) is 0. The van der Waals surface area contributed by atoms with E-state index in [1.54, 1.807) is 6.26 Å². The topological polar surface area (TPSA) is 52.1 Å². The molecule has 0 bridgehead atoms. The summed E-state index contributed by atoms with van der Waals surface area (Å²) in [6, 6.07) is 0.957. The van der Waals surface area contributed by atoms with Gasteiger partial charge in [-0.05, 0) is 24.9 Å². The zero-order valence-electron chi connectivity index (χ0n) is 13.5. The molecule has 0 aliphatic carbocycles. The highest BCUT2D eigenvalue weighted by atomic mass is 32.2. The first-order chi connectivity index (χ1) is 10.4. The molecule has 0 spiro atoms. The van der Waals surface area contributed by atoms with Crippen LogP contribution in [0.2, 0.25) is 19.6 Å². The molecule has 2 aromatic heterocycles. The third-order valence-electron chi connectivity index (χ3n) is 3.26. The number of oxazole rings is 2. The molecule has 1 aliphatic heterocycles. The maximum Gasteiger partial charge on any atom is 0.248 e. The summed E-state index contributed by atoms with van der Waals surface area (Å²) in [7, 11) is -1.31. The van der Waals surface area contributed by atoms with Crippen LogP contribution in [0.4, 0.5) is 0 Å². The van der Waals surface area contributed by atoms with Crippen molar-refractivity contribution < 1.29 is 8.83 Å². The molecule has 0 amide bonds. The lowest BCUT2D eigenvalue weighted by molar-refractivity contribution is 0.482. The fourth-order valence-electron chi connectivity index (χ4n) is 2.33. The summed E-state index contributed by atoms with van der Waals surface area (Å²) in [5, 5.41) is 0. The smallest absolute Gasteiger partial charge is 0.248 e. The van der Waals surface area contributed by atoms with Crippen LogP contribution in [0.25, 0.3) is 11.6 Å². The molecule has 1 aliphatic rings. The van der Waals surface area contributed by atoms with Gasteiger partial charge in [0.25, 0.3) is 0 Å². The Morgan fingerprint density at radius 2 is 1.95 bits per heavy atom. The van der Waals surface area contributed by atoms with Crippen molar-refractivity contribution in [2.75, 3.05) is 11.5 Å². The minimum atomic E-state index is -1.31. The molecule has 7 heteroatoms. The molecule has 22 heavy (non-hydrogen) atoms. The van der Waals surface area contributed by atoms with Crippen LogP contribution in [-0.4, -0.2) is 29.5 Å². The normalized spacial score (nSPS) is 17.1. The van der Waals surface area contributed by atoms with Gasteiger partial charge in [0.05, 0.1) is 13.8 Å². The summed E-state index contributed by atoms with van der Waals surface area (Å²) < 4.78 is 12.1. The first-order valence-electron chi connectivity index (χ1n) is 7.58. The van der Waals surface area contributed by atoms with Crippen molar-refractivity contribution in [3.8, 4) is 11.6 Å². The Morgan fingerprint density at radius 1 is 1.23 bits per heavy atom. The van der Waals surface area contributed by atoms with Crippen LogP contribution in [0.1, 0.15) is 28.3 Å². The molecule has 0 unspecified atom stereocenters. The number of aryl methyl sites for hydroxylation is 1. The molecular formula is C15H22N2O2S2Si. The minimum Gasteiger partial charge on any atom is -0.443 e. The monoisotopic (exact) mass is 354 g/mol. The van der Waals surface area contributed by atoms with E-state index in [9.17, 15) is 0 Å². The fourth-order valence-corrected chi connectivity index (χ4v) is 6.22. The van der Waals surface area contributed by atoms with Gasteiger partial charge < -0.3 is 8.83 Å². The molecule has 3 rings (SSSR count). The van der Waals surface area contributed by atoms with E-state index in [0.29, 0.717) is 10.5 Å². The van der Waals surface area contributed by atoms with Gasteiger partial charge in [0.1, 0.15) is 16.6 Å². The van der Waals surface area contributed by atoms with Crippen molar-refractivity contribution in [2.24, 2.45) is 0 Å². The fraction of sp³-hybridized carbons (Fsp3) is 0.600. The van der Waals surface area contributed by atoms with Crippen LogP contribution in [0.3, 0.4) is 0 Å². The largest absolute Gasteiger partial charge is 0.443 e. The second-order valence-corrected chi connectivity index (χ2v) is 15.0. The molecular weight excluding hydrogens is 332 g/mol. The Hall–Kier alpha value is -0.663. The van der Waals surface area contributed by atoms with Crippen molar-refractivity contribution >= 4 is 31.6 Å². The van der Waals surface area contributed by atoms with Gasteiger partial charge >= 0.3 is 0 Å². The zero-order valence-corrected chi connectivity index (χ0v) is 16.1. The molecule has 4 nitrogen and oxygen atoms in total. The molecule has 1 saturated heterocycles. The van der Waals surface area contributed by atoms with Crippen LogP contribution in [-0.2, 0) is 6.04 Å². The van der Waals surface area contributed by atoms with Crippen LogP contribution in [0.5, 0.6) is 0 Å². The maximum atomic E-state index is 6.18. The predicted molar refractivity (Wildman–Crippen MR) is 96.1 cm³/mol. The third-order valence-corrected chi connectivity index (χ3v) is 7.51. The molecule has 0 atom stereocenters. The van der Waals surface area contributed by atoms with Crippen molar-refractivity contribution in [2.45, 2.75) is 43.6 Å². The van der Waals surface area contributed by atoms with E-state index < -0.39 is 8.07 Å². The van der Waals surface area contributed by atoms with Crippen molar-refractivity contribution in [1.29, 1.82) is 0 Å². The highest BCUT2D eigenvalue weighted by molar-refractivity contribution is 8.16. The Labute approximate surface area is 140 Å². The zero-order chi connectivity index (χ0) is 15.7. The van der Waals surface area contributed by atoms with Gasteiger partial charge in [-0.3, -0.25) is 0 Å². The molecule has 1 fully saturated rings. The molecule has 3 heterocycles. The van der Waals surface area contributed by atoms with Crippen LogP contribution in [0.15, 0.2) is 15.1 Å². The summed E-state index contributed by atoms with van der Waals surface area (Å²) in [6.07, 6.45) is 2.94. The number of aromatic nitrogens is 2. The van der Waals surface area contributed by atoms with Gasteiger partial charge in [-0.25, -0.2) is 9.97 Å². The molecule has 0 radical (unpaired) electrons. The van der Waals surface area contributed by atoms with Crippen molar-refractivity contribution in [3.05, 3.63) is 23.6 Å². The third kappa shape index (κ3) is 3.81. The van der Waals surface area contributed by atoms with Gasteiger partial charge in [0, 0.05) is 6.04 Å². The second-order valence-electron chi connectivity index (χ2n) is 6.78. The molecule has 0 aromatic carbocycles. The summed E-state index contributed by atoms with van der Waals surface area (Å²) >= 11 is 3.85. The van der Waals surface area contributed by atoms with E-state index in [0.717, 1.165) is 29.1 Å². The van der Waals surface area contributed by atoms with Gasteiger partial charge in [-0.1, -0.05) is 19.6 Å². The van der Waals surface area contributed by atoms with Gasteiger partial charge in [-0.15, -0.1) is 23.5 Å². The maximum absolute atomic E-state index is 6.18. The standard InChI is InChI=1S/C15H22N2O2S2Si/c1-10-8-18-13(16-10)12-11(9-22(2,3)4)19-14(17-12)15-20-6-5-7-21-15/h8,15H,5-7,9H2,1-4H3. The predicted octanol–water partition coefficient (Wildman–Crippen LogP) is 4.93. The van der Waals surface area contributed by atoms with Crippen LogP contribution >= 0.6 is 23.5 Å². The number of nitrogens with zero attached hydrogens (tertiary/aromatic N) is 2. The van der Waals surface area contributed by atoms with Gasteiger partial charge in [0.15, 0.2) is 5.69 Å². The lowest BCUT2D eigenvalue weighted by Crippen LogP contribution is -2.23. The Kier molecular flexibility index (Phi) is 4.75. The van der Waals surface area contributed by atoms with E-state index in [4.69, 9.17) is 13.8 Å². The lowest BCUT2D eigenvalue weighted by atomic mass is 10.3. The van der Waals surface area contributed by atoms with Crippen molar-refractivity contribution in [3.63, 3.8) is 0 Å². The average Bonchev–Trinajstić information content (AvgIpc) is 3.04.